The van der Waals surface area contributed by atoms with Gasteiger partial charge in [0.05, 0.1) is 17.9 Å². The summed E-state index contributed by atoms with van der Waals surface area (Å²) in [6, 6.07) is 0. The van der Waals surface area contributed by atoms with Crippen LogP contribution in [-0.4, -0.2) is 68.9 Å². The Morgan fingerprint density at radius 2 is 1.22 bits per heavy atom. The number of rotatable bonds is 11. The van der Waals surface area contributed by atoms with Crippen molar-refractivity contribution in [3.63, 3.8) is 0 Å². The molecule has 0 radical (unpaired) electrons. The lowest BCUT2D eigenvalue weighted by molar-refractivity contribution is -0.157. The van der Waals surface area contributed by atoms with Crippen molar-refractivity contribution < 1.29 is 45.9 Å². The van der Waals surface area contributed by atoms with Crippen LogP contribution in [0.25, 0.3) is 0 Å². The maximum atomic E-state index is 11.5. The van der Waals surface area contributed by atoms with Crippen molar-refractivity contribution in [2.24, 2.45) is 5.16 Å². The highest BCUT2D eigenvalue weighted by Gasteiger charge is 2.22. The Kier molecular flexibility index (Phi) is 10.8. The Morgan fingerprint density at radius 1 is 0.778 bits per heavy atom. The van der Waals surface area contributed by atoms with Gasteiger partial charge in [0.2, 0.25) is 5.90 Å². The molecule has 0 fully saturated rings. The van der Waals surface area contributed by atoms with Crippen LogP contribution in [0.2, 0.25) is 0 Å². The lowest BCUT2D eigenvalue weighted by Crippen LogP contribution is -2.25. The van der Waals surface area contributed by atoms with Gasteiger partial charge in [-0.15, -0.1) is 0 Å². The maximum Gasteiger partial charge on any atom is 0.328 e. The molecule has 0 aromatic carbocycles. The molecule has 0 spiro atoms. The number of carbonyl (C=O) groups excluding carboxylic acids is 3. The number of nitrogens with zero attached hydrogens (tertiary/aromatic N) is 1. The first-order chi connectivity index (χ1) is 12.4. The molecule has 13 heteroatoms. The van der Waals surface area contributed by atoms with Gasteiger partial charge < -0.3 is 14.7 Å². The highest BCUT2D eigenvalue weighted by atomic mass is 32.2. The van der Waals surface area contributed by atoms with Crippen LogP contribution in [0, 0.1) is 0 Å². The summed E-state index contributed by atoms with van der Waals surface area (Å²) in [4.78, 5) is 34.4. The summed E-state index contributed by atoms with van der Waals surface area (Å²) in [5.41, 5.74) is 0. The molecule has 0 amide bonds. The average molecular weight is 429 g/mol. The molecule has 0 aromatic heterocycles. The Hall–Kier alpha value is -2.02. The lowest BCUT2D eigenvalue weighted by atomic mass is 10.3. The minimum absolute atomic E-state index is 0.219. The molecule has 1 N–H and O–H groups in total. The Balaban J connectivity index is 4.48. The second kappa shape index (κ2) is 11.6. The molecule has 0 rings (SSSR count). The van der Waals surface area contributed by atoms with Gasteiger partial charge in [0.15, 0.2) is 19.7 Å². The summed E-state index contributed by atoms with van der Waals surface area (Å²) in [5.74, 6) is -6.52. The molecule has 0 aliphatic rings. The molecular formula is C14H23NO10S2. The van der Waals surface area contributed by atoms with Gasteiger partial charge in [-0.25, -0.2) is 16.8 Å². The van der Waals surface area contributed by atoms with Crippen molar-refractivity contribution in [3.05, 3.63) is 0 Å². The van der Waals surface area contributed by atoms with Crippen LogP contribution >= 0.6 is 0 Å². The highest BCUT2D eigenvalue weighted by molar-refractivity contribution is 7.92. The summed E-state index contributed by atoms with van der Waals surface area (Å²) in [6.07, 6.45) is -0.415. The van der Waals surface area contributed by atoms with Crippen LogP contribution in [-0.2, 0) is 43.5 Å². The number of esters is 3. The first-order valence-electron chi connectivity index (χ1n) is 8.00. The molecule has 0 saturated carbocycles. The second-order valence-corrected chi connectivity index (χ2v) is 9.87. The van der Waals surface area contributed by atoms with Crippen molar-refractivity contribution in [1.82, 2.24) is 0 Å². The van der Waals surface area contributed by atoms with E-state index < -0.39 is 67.8 Å². The normalized spacial score (nSPS) is 12.4. The molecular weight excluding hydrogens is 406 g/mol. The zero-order valence-electron chi connectivity index (χ0n) is 15.0. The summed E-state index contributed by atoms with van der Waals surface area (Å²) >= 11 is 0. The quantitative estimate of drug-likeness (QED) is 0.116. The summed E-state index contributed by atoms with van der Waals surface area (Å²) in [5, 5.41) is 11.4. The zero-order chi connectivity index (χ0) is 21.1. The molecule has 0 heterocycles. The molecule has 0 atom stereocenters. The molecule has 156 valence electrons. The monoisotopic (exact) mass is 429 g/mol. The van der Waals surface area contributed by atoms with Crippen molar-refractivity contribution in [2.45, 2.75) is 39.5 Å². The van der Waals surface area contributed by atoms with E-state index in [1.165, 1.54) is 0 Å². The molecule has 0 aromatic rings. The van der Waals surface area contributed by atoms with Crippen molar-refractivity contribution >= 4 is 43.5 Å². The second-order valence-electron chi connectivity index (χ2n) is 5.50. The van der Waals surface area contributed by atoms with E-state index in [9.17, 15) is 31.2 Å². The van der Waals surface area contributed by atoms with Crippen molar-refractivity contribution in [2.75, 3.05) is 23.0 Å². The van der Waals surface area contributed by atoms with Crippen molar-refractivity contribution in [1.29, 1.82) is 0 Å². The van der Waals surface area contributed by atoms with Crippen LogP contribution in [0.15, 0.2) is 5.16 Å². The van der Waals surface area contributed by atoms with Crippen LogP contribution < -0.4 is 0 Å². The van der Waals surface area contributed by atoms with Crippen LogP contribution in [0.3, 0.4) is 0 Å². The van der Waals surface area contributed by atoms with Gasteiger partial charge in [-0.1, -0.05) is 19.0 Å². The van der Waals surface area contributed by atoms with E-state index in [0.29, 0.717) is 12.8 Å². The Bertz CT molecular complexity index is 768. The molecule has 0 aliphatic carbocycles. The first-order valence-corrected chi connectivity index (χ1v) is 11.6. The van der Waals surface area contributed by atoms with Gasteiger partial charge in [-0.3, -0.25) is 14.4 Å². The fourth-order valence-electron chi connectivity index (χ4n) is 1.82. The van der Waals surface area contributed by atoms with Gasteiger partial charge in [0.1, 0.15) is 11.5 Å². The molecule has 11 nitrogen and oxygen atoms in total. The molecule has 0 aliphatic heterocycles. The number of hydrogen-bond acceptors (Lipinski definition) is 11. The largest absolute Gasteiger partial charge is 0.408 e. The van der Waals surface area contributed by atoms with E-state index in [1.54, 1.807) is 13.8 Å². The van der Waals surface area contributed by atoms with Crippen molar-refractivity contribution in [3.8, 4) is 0 Å². The van der Waals surface area contributed by atoms with Crippen LogP contribution in [0.4, 0.5) is 0 Å². The summed E-state index contributed by atoms with van der Waals surface area (Å²) in [7, 11) is -7.33. The standard InChI is InChI=1S/C14H23NO10S2/c1-3-7-26(20,21)9-13(17)24-11(15-19)5-6-12(16)25-14(18)10-27(22,23)8-4-2/h19H,3-10H2,1-2H3/b15-11-. The maximum absolute atomic E-state index is 11.5. The minimum atomic E-state index is -3.67. The molecule has 0 unspecified atom stereocenters. The van der Waals surface area contributed by atoms with E-state index in [0.717, 1.165) is 0 Å². The third kappa shape index (κ3) is 12.1. The minimum Gasteiger partial charge on any atom is -0.408 e. The third-order valence-corrected chi connectivity index (χ3v) is 6.23. The third-order valence-electron chi connectivity index (χ3n) is 2.82. The zero-order valence-corrected chi connectivity index (χ0v) is 16.7. The number of ether oxygens (including phenoxy) is 2. The highest BCUT2D eigenvalue weighted by Crippen LogP contribution is 2.03. The summed E-state index contributed by atoms with van der Waals surface area (Å²) in [6.45, 7) is 3.22. The Labute approximate surface area is 157 Å². The molecule has 0 bridgehead atoms. The first kappa shape index (κ1) is 25.0. The predicted molar refractivity (Wildman–Crippen MR) is 93.5 cm³/mol. The van der Waals surface area contributed by atoms with Crippen LogP contribution in [0.5, 0.6) is 0 Å². The van der Waals surface area contributed by atoms with Gasteiger partial charge in [-0.05, 0) is 12.8 Å². The predicted octanol–water partition coefficient (Wildman–Crippen LogP) is -0.183. The fraction of sp³-hybridized carbons (Fsp3) is 0.714. The Morgan fingerprint density at radius 3 is 1.63 bits per heavy atom. The summed E-state index contributed by atoms with van der Waals surface area (Å²) < 4.78 is 54.7. The molecule has 0 saturated heterocycles. The number of carbonyl (C=O) groups is 3. The van der Waals surface area contributed by atoms with Gasteiger partial charge >= 0.3 is 17.9 Å². The van der Waals surface area contributed by atoms with E-state index in [4.69, 9.17) is 5.21 Å². The fourth-order valence-corrected chi connectivity index (χ4v) is 4.19. The smallest absolute Gasteiger partial charge is 0.328 e. The van der Waals surface area contributed by atoms with E-state index in [1.807, 2.05) is 0 Å². The molecule has 27 heavy (non-hydrogen) atoms. The number of oxime groups is 1. The van der Waals surface area contributed by atoms with E-state index in [-0.39, 0.29) is 11.5 Å². The van der Waals surface area contributed by atoms with Gasteiger partial charge in [0, 0.05) is 6.42 Å². The number of hydrogen-bond donors (Lipinski definition) is 1. The SMILES string of the molecule is CCCS(=O)(=O)CC(=O)OC(=O)CC/C(=N/O)OC(=O)CS(=O)(=O)CCC. The topological polar surface area (TPSA) is 171 Å². The van der Waals surface area contributed by atoms with Gasteiger partial charge in [-0.2, -0.15) is 0 Å². The average Bonchev–Trinajstić information content (AvgIpc) is 2.49. The lowest BCUT2D eigenvalue weighted by Gasteiger charge is -2.07. The van der Waals surface area contributed by atoms with Gasteiger partial charge in [0.25, 0.3) is 0 Å². The van der Waals surface area contributed by atoms with E-state index >= 15 is 0 Å². The number of sulfone groups is 2. The van der Waals surface area contributed by atoms with E-state index in [2.05, 4.69) is 14.6 Å². The van der Waals surface area contributed by atoms with Crippen LogP contribution in [0.1, 0.15) is 39.5 Å².